The number of anilines is 1. The van der Waals surface area contributed by atoms with E-state index in [2.05, 4.69) is 10.2 Å². The summed E-state index contributed by atoms with van der Waals surface area (Å²) in [5.41, 5.74) is 1.17. The summed E-state index contributed by atoms with van der Waals surface area (Å²) in [6.45, 7) is 3.41. The maximum Gasteiger partial charge on any atom is 0.263 e. The Hall–Kier alpha value is -2.58. The first kappa shape index (κ1) is 21.6. The molecule has 0 radical (unpaired) electrons. The number of carbonyl (C=O) groups is 1. The molecular weight excluding hydrogens is 414 g/mol. The average Bonchev–Trinajstić information content (AvgIpc) is 2.79. The van der Waals surface area contributed by atoms with E-state index in [9.17, 15) is 13.2 Å². The van der Waals surface area contributed by atoms with Crippen molar-refractivity contribution >= 4 is 21.6 Å². The van der Waals surface area contributed by atoms with Crippen LogP contribution in [-0.2, 0) is 20.6 Å². The molecule has 7 nitrogen and oxygen atoms in total. The van der Waals surface area contributed by atoms with Crippen LogP contribution >= 0.6 is 0 Å². The average molecular weight is 444 g/mol. The van der Waals surface area contributed by atoms with Crippen molar-refractivity contribution in [1.29, 1.82) is 0 Å². The Morgan fingerprint density at radius 2 is 1.71 bits per heavy atom. The quantitative estimate of drug-likeness (QED) is 0.711. The molecule has 0 saturated carbocycles. The van der Waals surface area contributed by atoms with Crippen LogP contribution in [0.25, 0.3) is 0 Å². The normalized spacial score (nSPS) is 19.4. The Morgan fingerprint density at radius 3 is 2.48 bits per heavy atom. The summed E-state index contributed by atoms with van der Waals surface area (Å²) in [6.07, 6.45) is 2.78. The van der Waals surface area contributed by atoms with E-state index in [1.807, 2.05) is 18.2 Å². The molecule has 1 N–H and O–H groups in total. The van der Waals surface area contributed by atoms with Crippen molar-refractivity contribution < 1.29 is 17.9 Å². The topological polar surface area (TPSA) is 79.0 Å². The number of rotatable bonds is 7. The molecule has 0 aromatic heterocycles. The second-order valence-electron chi connectivity index (χ2n) is 8.04. The lowest BCUT2D eigenvalue weighted by atomic mass is 10.1. The third-order valence-corrected chi connectivity index (χ3v) is 7.45. The number of fused-ring (bicyclic) bond motifs is 1. The molecule has 31 heavy (non-hydrogen) atoms. The van der Waals surface area contributed by atoms with Crippen molar-refractivity contribution in [2.75, 3.05) is 37.0 Å². The maximum atomic E-state index is 13.2. The molecule has 166 valence electrons. The van der Waals surface area contributed by atoms with Gasteiger partial charge in [0.2, 0.25) is 10.0 Å². The zero-order valence-electron chi connectivity index (χ0n) is 17.6. The fourth-order valence-electron chi connectivity index (χ4n) is 4.10. The summed E-state index contributed by atoms with van der Waals surface area (Å²) < 4.78 is 33.7. The van der Waals surface area contributed by atoms with Crippen LogP contribution in [0, 0.1) is 0 Å². The number of hydrogen-bond acceptors (Lipinski definition) is 5. The van der Waals surface area contributed by atoms with Gasteiger partial charge in [0.15, 0.2) is 6.10 Å². The summed E-state index contributed by atoms with van der Waals surface area (Å²) in [6, 6.07) is 16.0. The van der Waals surface area contributed by atoms with Gasteiger partial charge in [-0.15, -0.1) is 0 Å². The Labute approximate surface area is 184 Å². The van der Waals surface area contributed by atoms with Crippen LogP contribution < -0.4 is 14.4 Å². The fourth-order valence-corrected chi connectivity index (χ4v) is 5.68. The highest BCUT2D eigenvalue weighted by Crippen LogP contribution is 2.35. The monoisotopic (exact) mass is 443 g/mol. The van der Waals surface area contributed by atoms with Gasteiger partial charge in [0.1, 0.15) is 5.75 Å². The van der Waals surface area contributed by atoms with Crippen LogP contribution in [0.1, 0.15) is 24.8 Å². The number of para-hydroxylation sites is 2. The number of piperidine rings is 1. The Bertz CT molecular complexity index is 991. The van der Waals surface area contributed by atoms with Gasteiger partial charge >= 0.3 is 0 Å². The van der Waals surface area contributed by atoms with E-state index in [0.717, 1.165) is 19.6 Å². The number of likely N-dealkylation sites (tertiary alicyclic amines) is 1. The van der Waals surface area contributed by atoms with Gasteiger partial charge in [-0.2, -0.15) is 0 Å². The van der Waals surface area contributed by atoms with Gasteiger partial charge in [-0.25, -0.2) is 8.42 Å². The number of sulfonamides is 1. The summed E-state index contributed by atoms with van der Waals surface area (Å²) in [5, 5.41) is 2.93. The van der Waals surface area contributed by atoms with Crippen molar-refractivity contribution in [2.45, 2.75) is 31.1 Å². The molecule has 0 bridgehead atoms. The molecule has 2 heterocycles. The minimum absolute atomic E-state index is 0.0400. The first-order valence-corrected chi connectivity index (χ1v) is 12.4. The predicted molar refractivity (Wildman–Crippen MR) is 121 cm³/mol. The SMILES string of the molecule is O=C(NCCN1CCCCC1)[C@H]1CN(S(=O)(=O)Cc2ccccc2)c2ccccc2O1. The van der Waals surface area contributed by atoms with Crippen LogP contribution in [0.4, 0.5) is 5.69 Å². The van der Waals surface area contributed by atoms with Crippen molar-refractivity contribution in [1.82, 2.24) is 10.2 Å². The Kier molecular flexibility index (Phi) is 6.77. The third kappa shape index (κ3) is 5.37. The minimum atomic E-state index is -3.69. The molecular formula is C23H29N3O4S. The van der Waals surface area contributed by atoms with Crippen molar-refractivity contribution in [3.05, 3.63) is 60.2 Å². The number of hydrogen-bond donors (Lipinski definition) is 1. The highest BCUT2D eigenvalue weighted by atomic mass is 32.2. The Morgan fingerprint density at radius 1 is 1.00 bits per heavy atom. The zero-order valence-corrected chi connectivity index (χ0v) is 18.4. The number of benzene rings is 2. The van der Waals surface area contributed by atoms with Crippen molar-refractivity contribution in [3.63, 3.8) is 0 Å². The van der Waals surface area contributed by atoms with Crippen LogP contribution in [-0.4, -0.2) is 58.1 Å². The smallest absolute Gasteiger partial charge is 0.263 e. The second kappa shape index (κ2) is 9.70. The number of nitrogens with zero attached hydrogens (tertiary/aromatic N) is 2. The second-order valence-corrected chi connectivity index (χ2v) is 9.93. The van der Waals surface area contributed by atoms with E-state index >= 15 is 0 Å². The van der Waals surface area contributed by atoms with E-state index in [4.69, 9.17) is 4.74 Å². The lowest BCUT2D eigenvalue weighted by Gasteiger charge is -2.35. The molecule has 1 saturated heterocycles. The molecule has 2 aliphatic rings. The summed E-state index contributed by atoms with van der Waals surface area (Å²) in [7, 11) is -3.69. The number of carbonyl (C=O) groups excluding carboxylic acids is 1. The maximum absolute atomic E-state index is 13.2. The summed E-state index contributed by atoms with van der Waals surface area (Å²) in [5.74, 6) is -0.0149. The van der Waals surface area contributed by atoms with Gasteiger partial charge in [-0.05, 0) is 43.6 Å². The minimum Gasteiger partial charge on any atom is -0.476 e. The molecule has 1 atom stereocenters. The molecule has 0 unspecified atom stereocenters. The van der Waals surface area contributed by atoms with Gasteiger partial charge in [0, 0.05) is 13.1 Å². The van der Waals surface area contributed by atoms with Gasteiger partial charge in [-0.1, -0.05) is 48.9 Å². The van der Waals surface area contributed by atoms with Gasteiger partial charge in [0.25, 0.3) is 5.91 Å². The molecule has 0 spiro atoms. The Balaban J connectivity index is 1.45. The van der Waals surface area contributed by atoms with E-state index in [1.165, 1.54) is 23.6 Å². The van der Waals surface area contributed by atoms with E-state index in [0.29, 0.717) is 23.5 Å². The lowest BCUT2D eigenvalue weighted by molar-refractivity contribution is -0.127. The van der Waals surface area contributed by atoms with E-state index < -0.39 is 16.1 Å². The lowest BCUT2D eigenvalue weighted by Crippen LogP contribution is -2.51. The van der Waals surface area contributed by atoms with Crippen LogP contribution in [0.15, 0.2) is 54.6 Å². The van der Waals surface area contributed by atoms with Gasteiger partial charge in [0.05, 0.1) is 18.0 Å². The standard InChI is InChI=1S/C23H29N3O4S/c27-23(24-13-16-25-14-7-2-8-15-25)22-17-26(20-11-5-6-12-21(20)30-22)31(28,29)18-19-9-3-1-4-10-19/h1,3-6,9-12,22H,2,7-8,13-18H2,(H,24,27)/t22-/m1/s1. The van der Waals surface area contributed by atoms with Gasteiger partial charge in [-0.3, -0.25) is 9.10 Å². The van der Waals surface area contributed by atoms with Gasteiger partial charge < -0.3 is 15.0 Å². The summed E-state index contributed by atoms with van der Waals surface area (Å²) in [4.78, 5) is 15.1. The molecule has 1 amide bonds. The van der Waals surface area contributed by atoms with E-state index in [1.54, 1.807) is 36.4 Å². The molecule has 1 fully saturated rings. The number of nitrogens with one attached hydrogen (secondary N) is 1. The molecule has 2 aromatic rings. The molecule has 0 aliphatic carbocycles. The first-order chi connectivity index (χ1) is 15.0. The number of ether oxygens (including phenoxy) is 1. The molecule has 2 aromatic carbocycles. The van der Waals surface area contributed by atoms with Crippen LogP contribution in [0.3, 0.4) is 0 Å². The first-order valence-electron chi connectivity index (χ1n) is 10.8. The highest BCUT2D eigenvalue weighted by Gasteiger charge is 2.36. The number of amides is 1. The summed E-state index contributed by atoms with van der Waals surface area (Å²) >= 11 is 0. The highest BCUT2D eigenvalue weighted by molar-refractivity contribution is 7.92. The fraction of sp³-hybridized carbons (Fsp3) is 0.435. The molecule has 8 heteroatoms. The molecule has 2 aliphatic heterocycles. The van der Waals surface area contributed by atoms with Crippen molar-refractivity contribution in [3.8, 4) is 5.75 Å². The van der Waals surface area contributed by atoms with Crippen LogP contribution in [0.5, 0.6) is 5.75 Å². The molecule has 4 rings (SSSR count). The van der Waals surface area contributed by atoms with E-state index in [-0.39, 0.29) is 18.2 Å². The predicted octanol–water partition coefficient (Wildman–Crippen LogP) is 2.39. The zero-order chi connectivity index (χ0) is 21.7. The largest absolute Gasteiger partial charge is 0.476 e. The van der Waals surface area contributed by atoms with Crippen LogP contribution in [0.2, 0.25) is 0 Å². The van der Waals surface area contributed by atoms with Crippen molar-refractivity contribution in [2.24, 2.45) is 0 Å². The third-order valence-electron chi connectivity index (χ3n) is 5.73.